The Morgan fingerprint density at radius 1 is 1.21 bits per heavy atom. The third-order valence-electron chi connectivity index (χ3n) is 3.31. The summed E-state index contributed by atoms with van der Waals surface area (Å²) in [5.74, 6) is -0.270. The van der Waals surface area contributed by atoms with Crippen molar-refractivity contribution >= 4 is 17.7 Å². The molecule has 24 heavy (non-hydrogen) atoms. The highest BCUT2D eigenvalue weighted by Crippen LogP contribution is 2.14. The van der Waals surface area contributed by atoms with E-state index in [9.17, 15) is 9.59 Å². The van der Waals surface area contributed by atoms with E-state index in [4.69, 9.17) is 9.84 Å². The molecule has 0 atom stereocenters. The van der Waals surface area contributed by atoms with E-state index >= 15 is 0 Å². The fraction of sp³-hybridized carbons (Fsp3) is 0.353. The number of carboxylic acids is 1. The van der Waals surface area contributed by atoms with Gasteiger partial charge in [0, 0.05) is 17.8 Å². The number of aromatic nitrogens is 2. The van der Waals surface area contributed by atoms with Gasteiger partial charge in [0.05, 0.1) is 6.61 Å². The second kappa shape index (κ2) is 8.71. The van der Waals surface area contributed by atoms with Crippen LogP contribution >= 0.6 is 0 Å². The topological polar surface area (TPSA) is 93.5 Å². The fourth-order valence-electron chi connectivity index (χ4n) is 2.09. The molecule has 0 saturated heterocycles. The molecule has 1 aromatic heterocycles. The molecule has 0 unspecified atom stereocenters. The molecular weight excluding hydrogens is 310 g/mol. The number of carbonyl (C=O) groups is 2. The number of anilines is 1. The first-order valence-electron chi connectivity index (χ1n) is 7.88. The molecule has 0 bridgehead atoms. The largest absolute Gasteiger partial charge is 0.494 e. The first-order valence-corrected chi connectivity index (χ1v) is 7.88. The third kappa shape index (κ3) is 5.42. The molecule has 1 heterocycles. The lowest BCUT2D eigenvalue weighted by atomic mass is 10.2. The summed E-state index contributed by atoms with van der Waals surface area (Å²) in [5.41, 5.74) is 0.476. The fourth-order valence-corrected chi connectivity index (χ4v) is 2.09. The first kappa shape index (κ1) is 17.5. The Kier molecular flexibility index (Phi) is 6.36. The van der Waals surface area contributed by atoms with Crippen molar-refractivity contribution in [2.45, 2.75) is 32.7 Å². The van der Waals surface area contributed by atoms with Gasteiger partial charge in [-0.3, -0.25) is 14.3 Å². The van der Waals surface area contributed by atoms with Gasteiger partial charge in [0.15, 0.2) is 5.82 Å². The molecule has 2 aromatic rings. The lowest BCUT2D eigenvalue weighted by molar-refractivity contribution is -0.137. The van der Waals surface area contributed by atoms with Crippen molar-refractivity contribution in [1.29, 1.82) is 0 Å². The molecule has 0 radical (unpaired) electrons. The molecule has 0 saturated carbocycles. The van der Waals surface area contributed by atoms with E-state index in [1.54, 1.807) is 30.3 Å². The maximum atomic E-state index is 12.1. The van der Waals surface area contributed by atoms with Crippen LogP contribution in [0.5, 0.6) is 5.75 Å². The van der Waals surface area contributed by atoms with Gasteiger partial charge in [-0.15, -0.1) is 0 Å². The minimum Gasteiger partial charge on any atom is -0.494 e. The molecule has 128 valence electrons. The van der Waals surface area contributed by atoms with Gasteiger partial charge in [-0.25, -0.2) is 0 Å². The minimum atomic E-state index is -0.995. The number of carboxylic acid groups (broad SMARTS) is 1. The summed E-state index contributed by atoms with van der Waals surface area (Å²) in [7, 11) is 0. The Morgan fingerprint density at radius 2 is 1.96 bits per heavy atom. The van der Waals surface area contributed by atoms with E-state index in [2.05, 4.69) is 17.3 Å². The van der Waals surface area contributed by atoms with Crippen LogP contribution in [0.25, 0.3) is 0 Å². The zero-order valence-electron chi connectivity index (χ0n) is 13.6. The van der Waals surface area contributed by atoms with E-state index < -0.39 is 5.97 Å². The van der Waals surface area contributed by atoms with Crippen LogP contribution in [0.3, 0.4) is 0 Å². The average Bonchev–Trinajstić information content (AvgIpc) is 2.98. The van der Waals surface area contributed by atoms with Gasteiger partial charge < -0.3 is 15.2 Å². The predicted octanol–water partition coefficient (Wildman–Crippen LogP) is 2.79. The zero-order valence-corrected chi connectivity index (χ0v) is 13.6. The van der Waals surface area contributed by atoms with Crippen LogP contribution in [-0.2, 0) is 11.3 Å². The Morgan fingerprint density at radius 3 is 2.62 bits per heavy atom. The van der Waals surface area contributed by atoms with Crippen molar-refractivity contribution in [3.63, 3.8) is 0 Å². The summed E-state index contributed by atoms with van der Waals surface area (Å²) in [4.78, 5) is 22.7. The highest BCUT2D eigenvalue weighted by molar-refractivity contribution is 6.03. The summed E-state index contributed by atoms with van der Waals surface area (Å²) < 4.78 is 6.84. The van der Waals surface area contributed by atoms with Crippen molar-refractivity contribution in [2.24, 2.45) is 0 Å². The monoisotopic (exact) mass is 331 g/mol. The zero-order chi connectivity index (χ0) is 17.4. The summed E-state index contributed by atoms with van der Waals surface area (Å²) in [6.45, 7) is 2.55. The molecule has 0 aliphatic rings. The lowest BCUT2D eigenvalue weighted by Gasteiger charge is -2.07. The average molecular weight is 331 g/mol. The van der Waals surface area contributed by atoms with Crippen molar-refractivity contribution in [3.8, 4) is 5.75 Å². The van der Waals surface area contributed by atoms with Gasteiger partial charge in [0.25, 0.3) is 5.91 Å². The van der Waals surface area contributed by atoms with E-state index in [0.29, 0.717) is 18.0 Å². The van der Waals surface area contributed by atoms with Crippen LogP contribution in [0.4, 0.5) is 5.82 Å². The van der Waals surface area contributed by atoms with Crippen molar-refractivity contribution in [3.05, 3.63) is 42.1 Å². The normalized spacial score (nSPS) is 10.4. The van der Waals surface area contributed by atoms with E-state index in [1.807, 2.05) is 0 Å². The van der Waals surface area contributed by atoms with Crippen molar-refractivity contribution in [2.75, 3.05) is 11.9 Å². The van der Waals surface area contributed by atoms with Crippen LogP contribution in [0, 0.1) is 0 Å². The summed E-state index contributed by atoms with van der Waals surface area (Å²) in [5, 5.41) is 15.3. The molecule has 1 amide bonds. The molecule has 0 aliphatic heterocycles. The lowest BCUT2D eigenvalue weighted by Crippen LogP contribution is -2.14. The number of rotatable bonds is 9. The molecule has 7 nitrogen and oxygen atoms in total. The highest BCUT2D eigenvalue weighted by Gasteiger charge is 2.09. The number of amides is 1. The van der Waals surface area contributed by atoms with Gasteiger partial charge in [0.2, 0.25) is 0 Å². The summed E-state index contributed by atoms with van der Waals surface area (Å²) in [6.07, 6.45) is 4.79. The second-order valence-electron chi connectivity index (χ2n) is 5.33. The Labute approximate surface area is 140 Å². The molecule has 0 spiro atoms. The second-order valence-corrected chi connectivity index (χ2v) is 5.33. The standard InChI is InChI=1S/C17H21N3O4/c1-2-3-4-11-24-14-7-5-13(6-8-14)17(23)18-15-9-10-20(19-15)12-16(21)22/h5-10H,2-4,11-12H2,1H3,(H,21,22)(H,18,19,23). The molecule has 2 rings (SSSR count). The number of benzene rings is 1. The van der Waals surface area contributed by atoms with E-state index in [0.717, 1.165) is 25.0 Å². The highest BCUT2D eigenvalue weighted by atomic mass is 16.5. The first-order chi connectivity index (χ1) is 11.6. The van der Waals surface area contributed by atoms with Gasteiger partial charge in [-0.05, 0) is 30.7 Å². The summed E-state index contributed by atoms with van der Waals surface area (Å²) >= 11 is 0. The molecule has 1 aromatic carbocycles. The van der Waals surface area contributed by atoms with Crippen LogP contribution in [-0.4, -0.2) is 33.4 Å². The SMILES string of the molecule is CCCCCOc1ccc(C(=O)Nc2ccn(CC(=O)O)n2)cc1. The van der Waals surface area contributed by atoms with Gasteiger partial charge in [-0.2, -0.15) is 5.10 Å². The number of hydrogen-bond donors (Lipinski definition) is 2. The van der Waals surface area contributed by atoms with Gasteiger partial charge in [0.1, 0.15) is 12.3 Å². The number of aliphatic carboxylic acids is 1. The smallest absolute Gasteiger partial charge is 0.325 e. The van der Waals surface area contributed by atoms with Gasteiger partial charge >= 0.3 is 5.97 Å². The van der Waals surface area contributed by atoms with Crippen molar-refractivity contribution < 1.29 is 19.4 Å². The number of nitrogens with zero attached hydrogens (tertiary/aromatic N) is 2. The number of unbranched alkanes of at least 4 members (excludes halogenated alkanes) is 2. The molecule has 7 heteroatoms. The maximum absolute atomic E-state index is 12.1. The van der Waals surface area contributed by atoms with Crippen LogP contribution in [0.2, 0.25) is 0 Å². The number of ether oxygens (including phenoxy) is 1. The van der Waals surface area contributed by atoms with E-state index in [1.165, 1.54) is 10.9 Å². The molecule has 2 N–H and O–H groups in total. The molecule has 0 fully saturated rings. The van der Waals surface area contributed by atoms with Crippen LogP contribution in [0.15, 0.2) is 36.5 Å². The molecule has 0 aliphatic carbocycles. The Bertz CT molecular complexity index is 679. The quantitative estimate of drug-likeness (QED) is 0.689. The maximum Gasteiger partial charge on any atom is 0.325 e. The van der Waals surface area contributed by atoms with E-state index in [-0.39, 0.29) is 12.5 Å². The predicted molar refractivity (Wildman–Crippen MR) is 89.3 cm³/mol. The Balaban J connectivity index is 1.88. The number of carbonyl (C=O) groups excluding carboxylic acids is 1. The third-order valence-corrected chi connectivity index (χ3v) is 3.31. The molecular formula is C17H21N3O4. The van der Waals surface area contributed by atoms with Crippen molar-refractivity contribution in [1.82, 2.24) is 9.78 Å². The Hall–Kier alpha value is -2.83. The summed E-state index contributed by atoms with van der Waals surface area (Å²) in [6, 6.07) is 8.41. The van der Waals surface area contributed by atoms with Crippen LogP contribution in [0.1, 0.15) is 36.5 Å². The van der Waals surface area contributed by atoms with Crippen LogP contribution < -0.4 is 10.1 Å². The van der Waals surface area contributed by atoms with Gasteiger partial charge in [-0.1, -0.05) is 19.8 Å². The number of hydrogen-bond acceptors (Lipinski definition) is 4. The minimum absolute atomic E-state index is 0.250. The number of nitrogens with one attached hydrogen (secondary N) is 1.